The lowest BCUT2D eigenvalue weighted by atomic mass is 10.2. The highest BCUT2D eigenvalue weighted by Crippen LogP contribution is 2.25. The predicted octanol–water partition coefficient (Wildman–Crippen LogP) is 1.37. The van der Waals surface area contributed by atoms with Crippen LogP contribution in [0.5, 0.6) is 0 Å². The molecule has 1 rings (SSSR count). The van der Waals surface area contributed by atoms with E-state index in [1.165, 1.54) is 6.07 Å². The smallest absolute Gasteiger partial charge is 0.238 e. The van der Waals surface area contributed by atoms with Gasteiger partial charge in [-0.15, -0.1) is 0 Å². The minimum Gasteiger partial charge on any atom is -0.399 e. The van der Waals surface area contributed by atoms with Crippen LogP contribution < -0.4 is 16.2 Å². The van der Waals surface area contributed by atoms with Crippen LogP contribution in [0, 0.1) is 6.92 Å². The average Bonchev–Trinajstić information content (AvgIpc) is 2.39. The van der Waals surface area contributed by atoms with E-state index in [1.807, 2.05) is 0 Å². The summed E-state index contributed by atoms with van der Waals surface area (Å²) in [6.45, 7) is 9.66. The van der Waals surface area contributed by atoms with Crippen LogP contribution in [0.2, 0.25) is 0 Å². The first-order chi connectivity index (χ1) is 9.79. The van der Waals surface area contributed by atoms with E-state index in [0.29, 0.717) is 16.9 Å². The van der Waals surface area contributed by atoms with Crippen LogP contribution in [-0.4, -0.2) is 39.5 Å². The van der Waals surface area contributed by atoms with Crippen LogP contribution in [0.4, 0.5) is 11.4 Å². The SMILES string of the molecule is CCCN(CC)CCNc1cc(N)cc(S(N)(=O)=O)c1C. The van der Waals surface area contributed by atoms with Gasteiger partial charge in [0.05, 0.1) is 4.90 Å². The lowest BCUT2D eigenvalue weighted by Gasteiger charge is -2.21. The zero-order chi connectivity index (χ0) is 16.0. The number of anilines is 2. The Bertz CT molecular complexity index is 573. The Hall–Kier alpha value is -1.31. The van der Waals surface area contributed by atoms with Crippen molar-refractivity contribution in [2.45, 2.75) is 32.1 Å². The van der Waals surface area contributed by atoms with Crippen molar-refractivity contribution in [3.63, 3.8) is 0 Å². The maximum atomic E-state index is 11.6. The first kappa shape index (κ1) is 17.7. The molecule has 1 aromatic rings. The molecular formula is C14H26N4O2S. The second-order valence-corrected chi connectivity index (χ2v) is 6.63. The van der Waals surface area contributed by atoms with E-state index in [0.717, 1.165) is 32.6 Å². The summed E-state index contributed by atoms with van der Waals surface area (Å²) in [5.74, 6) is 0. The quantitative estimate of drug-likeness (QED) is 0.629. The summed E-state index contributed by atoms with van der Waals surface area (Å²) in [6.07, 6.45) is 1.11. The van der Waals surface area contributed by atoms with Crippen molar-refractivity contribution in [1.82, 2.24) is 4.90 Å². The third kappa shape index (κ3) is 5.18. The van der Waals surface area contributed by atoms with Gasteiger partial charge in [-0.25, -0.2) is 13.6 Å². The van der Waals surface area contributed by atoms with Gasteiger partial charge in [0, 0.05) is 24.5 Å². The molecule has 0 aliphatic carbocycles. The standard InChI is InChI=1S/C14H26N4O2S/c1-4-7-18(5-2)8-6-17-13-9-12(15)10-14(11(13)3)21(16,19)20/h9-10,17H,4-8,15H2,1-3H3,(H2,16,19,20). The number of hydrogen-bond donors (Lipinski definition) is 3. The number of nitrogens with two attached hydrogens (primary N) is 2. The summed E-state index contributed by atoms with van der Waals surface area (Å²) in [5, 5.41) is 8.46. The molecule has 0 aliphatic rings. The van der Waals surface area contributed by atoms with Gasteiger partial charge in [-0.1, -0.05) is 13.8 Å². The summed E-state index contributed by atoms with van der Waals surface area (Å²) in [6, 6.07) is 3.13. The first-order valence-electron chi connectivity index (χ1n) is 7.18. The normalized spacial score (nSPS) is 11.9. The molecule has 0 saturated carbocycles. The van der Waals surface area contributed by atoms with Crippen molar-refractivity contribution < 1.29 is 8.42 Å². The highest BCUT2D eigenvalue weighted by atomic mass is 32.2. The fourth-order valence-electron chi connectivity index (χ4n) is 2.28. The molecule has 21 heavy (non-hydrogen) atoms. The fraction of sp³-hybridized carbons (Fsp3) is 0.571. The molecular weight excluding hydrogens is 288 g/mol. The summed E-state index contributed by atoms with van der Waals surface area (Å²) in [4.78, 5) is 2.40. The van der Waals surface area contributed by atoms with Crippen molar-refractivity contribution in [2.75, 3.05) is 37.2 Å². The number of primary sulfonamides is 1. The molecule has 0 radical (unpaired) electrons. The largest absolute Gasteiger partial charge is 0.399 e. The topological polar surface area (TPSA) is 101 Å². The Morgan fingerprint density at radius 3 is 2.43 bits per heavy atom. The van der Waals surface area contributed by atoms with E-state index in [1.54, 1.807) is 13.0 Å². The third-order valence-corrected chi connectivity index (χ3v) is 4.46. The second kappa shape index (κ2) is 7.63. The van der Waals surface area contributed by atoms with E-state index >= 15 is 0 Å². The molecule has 0 amide bonds. The number of nitrogens with one attached hydrogen (secondary N) is 1. The van der Waals surface area contributed by atoms with Gasteiger partial charge < -0.3 is 16.0 Å². The predicted molar refractivity (Wildman–Crippen MR) is 87.9 cm³/mol. The van der Waals surface area contributed by atoms with Gasteiger partial charge in [0.2, 0.25) is 10.0 Å². The zero-order valence-electron chi connectivity index (χ0n) is 13.0. The molecule has 0 spiro atoms. The number of nitrogens with zero attached hydrogens (tertiary/aromatic N) is 1. The lowest BCUT2D eigenvalue weighted by Crippen LogP contribution is -2.29. The van der Waals surface area contributed by atoms with Gasteiger partial charge in [0.25, 0.3) is 0 Å². The molecule has 0 aliphatic heterocycles. The van der Waals surface area contributed by atoms with Crippen LogP contribution >= 0.6 is 0 Å². The molecule has 0 unspecified atom stereocenters. The van der Waals surface area contributed by atoms with Crippen LogP contribution in [-0.2, 0) is 10.0 Å². The number of likely N-dealkylation sites (N-methyl/N-ethyl adjacent to an activating group) is 1. The monoisotopic (exact) mass is 314 g/mol. The Morgan fingerprint density at radius 1 is 1.24 bits per heavy atom. The summed E-state index contributed by atoms with van der Waals surface area (Å²) in [7, 11) is -3.76. The van der Waals surface area contributed by atoms with Crippen LogP contribution in [0.15, 0.2) is 17.0 Å². The summed E-state index contributed by atoms with van der Waals surface area (Å²) < 4.78 is 23.1. The number of nitrogen functional groups attached to an aromatic ring is 1. The molecule has 1 aromatic carbocycles. The lowest BCUT2D eigenvalue weighted by molar-refractivity contribution is 0.300. The minimum absolute atomic E-state index is 0.0749. The van der Waals surface area contributed by atoms with E-state index in [-0.39, 0.29) is 4.90 Å². The molecule has 5 N–H and O–H groups in total. The minimum atomic E-state index is -3.76. The molecule has 0 aromatic heterocycles. The van der Waals surface area contributed by atoms with Crippen LogP contribution in [0.1, 0.15) is 25.8 Å². The highest BCUT2D eigenvalue weighted by molar-refractivity contribution is 7.89. The molecule has 7 heteroatoms. The Labute approximate surface area is 127 Å². The molecule has 0 fully saturated rings. The summed E-state index contributed by atoms with van der Waals surface area (Å²) >= 11 is 0. The van der Waals surface area contributed by atoms with Gasteiger partial charge in [0.1, 0.15) is 0 Å². The summed E-state index contributed by atoms with van der Waals surface area (Å²) in [5.41, 5.74) is 7.46. The Balaban J connectivity index is 2.83. The van der Waals surface area contributed by atoms with Crippen LogP contribution in [0.3, 0.4) is 0 Å². The third-order valence-electron chi connectivity index (χ3n) is 3.42. The zero-order valence-corrected chi connectivity index (χ0v) is 13.8. The van der Waals surface area contributed by atoms with Gasteiger partial charge in [-0.3, -0.25) is 0 Å². The van der Waals surface area contributed by atoms with Crippen molar-refractivity contribution in [1.29, 1.82) is 0 Å². The van der Waals surface area contributed by atoms with Crippen molar-refractivity contribution in [3.8, 4) is 0 Å². The fourth-order valence-corrected chi connectivity index (χ4v) is 3.12. The van der Waals surface area contributed by atoms with E-state index in [9.17, 15) is 8.42 Å². The number of hydrogen-bond acceptors (Lipinski definition) is 5. The second-order valence-electron chi connectivity index (χ2n) is 5.10. The van der Waals surface area contributed by atoms with E-state index < -0.39 is 10.0 Å². The maximum Gasteiger partial charge on any atom is 0.238 e. The van der Waals surface area contributed by atoms with Gasteiger partial charge in [-0.05, 0) is 44.1 Å². The van der Waals surface area contributed by atoms with Gasteiger partial charge in [0.15, 0.2) is 0 Å². The van der Waals surface area contributed by atoms with Gasteiger partial charge in [-0.2, -0.15) is 0 Å². The molecule has 0 bridgehead atoms. The molecule has 0 saturated heterocycles. The molecule has 0 atom stereocenters. The Kier molecular flexibility index (Phi) is 6.44. The first-order valence-corrected chi connectivity index (χ1v) is 8.73. The van der Waals surface area contributed by atoms with E-state index in [2.05, 4.69) is 24.1 Å². The maximum absolute atomic E-state index is 11.6. The average molecular weight is 314 g/mol. The van der Waals surface area contributed by atoms with Crippen molar-refractivity contribution in [2.24, 2.45) is 5.14 Å². The number of rotatable bonds is 8. The molecule has 6 nitrogen and oxygen atoms in total. The number of benzene rings is 1. The van der Waals surface area contributed by atoms with Crippen molar-refractivity contribution >= 4 is 21.4 Å². The van der Waals surface area contributed by atoms with Gasteiger partial charge >= 0.3 is 0 Å². The van der Waals surface area contributed by atoms with Crippen LogP contribution in [0.25, 0.3) is 0 Å². The Morgan fingerprint density at radius 2 is 1.90 bits per heavy atom. The van der Waals surface area contributed by atoms with Crippen molar-refractivity contribution in [3.05, 3.63) is 17.7 Å². The van der Waals surface area contributed by atoms with E-state index in [4.69, 9.17) is 10.9 Å². The molecule has 0 heterocycles. The molecule has 120 valence electrons. The number of sulfonamides is 1. The highest BCUT2D eigenvalue weighted by Gasteiger charge is 2.15.